The molecule has 1 amide bonds. The molecule has 0 bridgehead atoms. The molecule has 0 saturated carbocycles. The van der Waals surface area contributed by atoms with Crippen molar-refractivity contribution in [2.45, 2.75) is 58.3 Å². The highest BCUT2D eigenvalue weighted by molar-refractivity contribution is 7.99. The topological polar surface area (TPSA) is 92.0 Å². The molecule has 180 valence electrons. The number of aryl methyl sites for hydroxylation is 1. The Hall–Kier alpha value is -3.44. The molecule has 1 aromatic heterocycles. The van der Waals surface area contributed by atoms with Crippen LogP contribution in [-0.2, 0) is 4.79 Å². The maximum Gasteiger partial charge on any atom is 0.247 e. The molecule has 2 heterocycles. The third kappa shape index (κ3) is 5.46. The molecule has 1 aliphatic heterocycles. The molecule has 4 rings (SSSR count). The molecular weight excluding hydrogens is 458 g/mol. The Balaban J connectivity index is 1.85. The number of carbonyl (C=O) groups excluding carboxylic acids is 1. The van der Waals surface area contributed by atoms with Crippen molar-refractivity contribution >= 4 is 23.4 Å². The summed E-state index contributed by atoms with van der Waals surface area (Å²) in [7, 11) is 0. The van der Waals surface area contributed by atoms with Gasteiger partial charge in [-0.1, -0.05) is 56.3 Å². The lowest BCUT2D eigenvalue weighted by molar-refractivity contribution is -0.120. The minimum Gasteiger partial charge on any atom is -0.447 e. The first-order valence-corrected chi connectivity index (χ1v) is 12.9. The summed E-state index contributed by atoms with van der Waals surface area (Å²) in [6, 6.07) is 15.1. The smallest absolute Gasteiger partial charge is 0.247 e. The number of hydrogen-bond donors (Lipinski definition) is 0. The molecule has 0 unspecified atom stereocenters. The molecular formula is C27H29N5O2S. The monoisotopic (exact) mass is 487 g/mol. The molecule has 0 fully saturated rings. The van der Waals surface area contributed by atoms with E-state index in [2.05, 4.69) is 30.1 Å². The lowest BCUT2D eigenvalue weighted by Gasteiger charge is -2.31. The van der Waals surface area contributed by atoms with Crippen LogP contribution >= 0.6 is 11.8 Å². The standard InChI is InChI=1S/C27H29N5O2S/c1-5-6-23(33)32-22-12-7-18(4)15-21(22)24-25(29-27(31-30-24)35-14-13-17(2)3)34-26(32)20-10-8-19(16-28)9-11-20/h7-12,15,17,26H,5-6,13-14H2,1-4H3/t26-/m0/s1. The zero-order valence-corrected chi connectivity index (χ0v) is 21.3. The van der Waals surface area contributed by atoms with E-state index in [0.717, 1.165) is 28.9 Å². The lowest BCUT2D eigenvalue weighted by atomic mass is 10.0. The fraction of sp³-hybridized carbons (Fsp3) is 0.370. The second kappa shape index (κ2) is 10.9. The highest BCUT2D eigenvalue weighted by Gasteiger charge is 2.35. The first kappa shape index (κ1) is 24.7. The summed E-state index contributed by atoms with van der Waals surface area (Å²) in [5.41, 5.74) is 4.31. The normalized spacial score (nSPS) is 14.5. The Morgan fingerprint density at radius 1 is 1.20 bits per heavy atom. The van der Waals surface area contributed by atoms with Gasteiger partial charge in [-0.3, -0.25) is 9.69 Å². The van der Waals surface area contributed by atoms with Gasteiger partial charge in [0.25, 0.3) is 0 Å². The van der Waals surface area contributed by atoms with Gasteiger partial charge in [-0.25, -0.2) is 0 Å². The SMILES string of the molecule is CCCC(=O)N1c2ccc(C)cc2-c2nnc(SCCC(C)C)nc2O[C@H]1c1ccc(C#N)cc1. The van der Waals surface area contributed by atoms with Gasteiger partial charge >= 0.3 is 0 Å². The van der Waals surface area contributed by atoms with E-state index in [4.69, 9.17) is 9.72 Å². The van der Waals surface area contributed by atoms with Gasteiger partial charge in [0.2, 0.25) is 23.2 Å². The molecule has 1 atom stereocenters. The first-order valence-electron chi connectivity index (χ1n) is 11.9. The molecule has 2 aromatic carbocycles. The van der Waals surface area contributed by atoms with Crippen molar-refractivity contribution in [3.05, 3.63) is 59.2 Å². The molecule has 35 heavy (non-hydrogen) atoms. The third-order valence-electron chi connectivity index (χ3n) is 5.74. The number of anilines is 1. The van der Waals surface area contributed by atoms with E-state index in [0.29, 0.717) is 46.7 Å². The number of aromatic nitrogens is 3. The fourth-order valence-corrected chi connectivity index (χ4v) is 4.89. The van der Waals surface area contributed by atoms with Crippen LogP contribution in [0.25, 0.3) is 11.3 Å². The van der Waals surface area contributed by atoms with Crippen LogP contribution in [0.5, 0.6) is 5.88 Å². The summed E-state index contributed by atoms with van der Waals surface area (Å²) in [5.74, 6) is 1.76. The summed E-state index contributed by atoms with van der Waals surface area (Å²) < 4.78 is 6.48. The van der Waals surface area contributed by atoms with Crippen LogP contribution in [0, 0.1) is 24.2 Å². The molecule has 0 N–H and O–H groups in total. The second-order valence-corrected chi connectivity index (χ2v) is 10.1. The Morgan fingerprint density at radius 3 is 2.66 bits per heavy atom. The molecule has 0 radical (unpaired) electrons. The fourth-order valence-electron chi connectivity index (χ4n) is 3.87. The Kier molecular flexibility index (Phi) is 7.67. The number of nitriles is 1. The van der Waals surface area contributed by atoms with Crippen LogP contribution in [0.2, 0.25) is 0 Å². The summed E-state index contributed by atoms with van der Waals surface area (Å²) in [6.45, 7) is 8.34. The summed E-state index contributed by atoms with van der Waals surface area (Å²) in [6.07, 6.45) is 1.36. The Labute approximate surface area is 210 Å². The van der Waals surface area contributed by atoms with E-state index in [1.165, 1.54) is 0 Å². The van der Waals surface area contributed by atoms with Gasteiger partial charge in [0.15, 0.2) is 5.69 Å². The maximum absolute atomic E-state index is 13.5. The van der Waals surface area contributed by atoms with E-state index in [-0.39, 0.29) is 5.91 Å². The number of ether oxygens (including phenoxy) is 1. The van der Waals surface area contributed by atoms with Crippen molar-refractivity contribution in [2.75, 3.05) is 10.7 Å². The maximum atomic E-state index is 13.5. The Morgan fingerprint density at radius 2 is 1.97 bits per heavy atom. The van der Waals surface area contributed by atoms with Gasteiger partial charge in [-0.2, -0.15) is 10.2 Å². The van der Waals surface area contributed by atoms with Gasteiger partial charge in [0, 0.05) is 23.3 Å². The average molecular weight is 488 g/mol. The number of amides is 1. The average Bonchev–Trinajstić information content (AvgIpc) is 2.98. The number of benzene rings is 2. The molecule has 8 heteroatoms. The molecule has 1 aliphatic rings. The quantitative estimate of drug-likeness (QED) is 0.373. The molecule has 0 saturated heterocycles. The minimum absolute atomic E-state index is 0.0562. The molecule has 7 nitrogen and oxygen atoms in total. The molecule has 0 aliphatic carbocycles. The van der Waals surface area contributed by atoms with Gasteiger partial charge in [0.1, 0.15) is 0 Å². The van der Waals surface area contributed by atoms with Crippen molar-refractivity contribution in [1.82, 2.24) is 15.2 Å². The molecule has 0 spiro atoms. The minimum atomic E-state index is -0.755. The van der Waals surface area contributed by atoms with Crippen molar-refractivity contribution < 1.29 is 9.53 Å². The largest absolute Gasteiger partial charge is 0.447 e. The highest BCUT2D eigenvalue weighted by Crippen LogP contribution is 2.44. The van der Waals surface area contributed by atoms with Gasteiger partial charge in [0.05, 0.1) is 17.3 Å². The first-order chi connectivity index (χ1) is 16.9. The zero-order chi connectivity index (χ0) is 24.9. The van der Waals surface area contributed by atoms with Crippen molar-refractivity contribution in [3.8, 4) is 23.2 Å². The third-order valence-corrected chi connectivity index (χ3v) is 6.61. The summed E-state index contributed by atoms with van der Waals surface area (Å²) in [5, 5.41) is 18.7. The van der Waals surface area contributed by atoms with Crippen molar-refractivity contribution in [2.24, 2.45) is 5.92 Å². The van der Waals surface area contributed by atoms with E-state index < -0.39 is 6.23 Å². The predicted molar refractivity (Wildman–Crippen MR) is 137 cm³/mol. The van der Waals surface area contributed by atoms with Crippen LogP contribution in [0.4, 0.5) is 5.69 Å². The van der Waals surface area contributed by atoms with Gasteiger partial charge < -0.3 is 4.74 Å². The van der Waals surface area contributed by atoms with E-state index in [9.17, 15) is 10.1 Å². The second-order valence-electron chi connectivity index (χ2n) is 9.02. The predicted octanol–water partition coefficient (Wildman–Crippen LogP) is 6.08. The van der Waals surface area contributed by atoms with Gasteiger partial charge in [-0.05, 0) is 49.9 Å². The molecule has 3 aromatic rings. The number of thioether (sulfide) groups is 1. The van der Waals surface area contributed by atoms with Crippen molar-refractivity contribution in [1.29, 1.82) is 5.26 Å². The van der Waals surface area contributed by atoms with Crippen LogP contribution in [0.1, 0.15) is 63.0 Å². The highest BCUT2D eigenvalue weighted by atomic mass is 32.2. The zero-order valence-electron chi connectivity index (χ0n) is 20.5. The number of nitrogens with zero attached hydrogens (tertiary/aromatic N) is 5. The van der Waals surface area contributed by atoms with Crippen LogP contribution in [0.3, 0.4) is 0 Å². The van der Waals surface area contributed by atoms with E-state index in [1.807, 2.05) is 44.2 Å². The number of rotatable bonds is 7. The number of carbonyl (C=O) groups is 1. The lowest BCUT2D eigenvalue weighted by Crippen LogP contribution is -2.37. The van der Waals surface area contributed by atoms with E-state index >= 15 is 0 Å². The van der Waals surface area contributed by atoms with Crippen LogP contribution < -0.4 is 9.64 Å². The van der Waals surface area contributed by atoms with Crippen LogP contribution in [-0.4, -0.2) is 26.8 Å². The van der Waals surface area contributed by atoms with Crippen LogP contribution in [0.15, 0.2) is 47.6 Å². The Bertz CT molecular complexity index is 1250. The van der Waals surface area contributed by atoms with Gasteiger partial charge in [-0.15, -0.1) is 10.2 Å². The number of fused-ring (bicyclic) bond motifs is 3. The van der Waals surface area contributed by atoms with E-state index in [1.54, 1.807) is 28.8 Å². The summed E-state index contributed by atoms with van der Waals surface area (Å²) >= 11 is 1.55. The number of hydrogen-bond acceptors (Lipinski definition) is 7. The summed E-state index contributed by atoms with van der Waals surface area (Å²) in [4.78, 5) is 19.9. The van der Waals surface area contributed by atoms with Crippen molar-refractivity contribution in [3.63, 3.8) is 0 Å².